The lowest BCUT2D eigenvalue weighted by Gasteiger charge is -2.21. The summed E-state index contributed by atoms with van der Waals surface area (Å²) >= 11 is 7.50. The van der Waals surface area contributed by atoms with Crippen molar-refractivity contribution >= 4 is 41.6 Å². The van der Waals surface area contributed by atoms with Crippen molar-refractivity contribution in [2.75, 3.05) is 37.8 Å². The van der Waals surface area contributed by atoms with E-state index in [1.165, 1.54) is 18.2 Å². The Kier molecular flexibility index (Phi) is 6.49. The minimum absolute atomic E-state index is 0. The van der Waals surface area contributed by atoms with Crippen LogP contribution in [-0.2, 0) is 0 Å². The first kappa shape index (κ1) is 15.8. The van der Waals surface area contributed by atoms with E-state index >= 15 is 0 Å². The number of anilines is 1. The molecule has 1 aromatic heterocycles. The Morgan fingerprint density at radius 3 is 2.94 bits per heavy atom. The Balaban J connectivity index is 0.00000162. The second kappa shape index (κ2) is 7.38. The Labute approximate surface area is 123 Å². The first-order valence-electron chi connectivity index (χ1n) is 5.69. The minimum atomic E-state index is 0. The maximum atomic E-state index is 5.99. The number of aromatic nitrogens is 2. The lowest BCUT2D eigenvalue weighted by atomic mass is 10.1. The smallest absolute Gasteiger partial charge is 0.190 e. The van der Waals surface area contributed by atoms with Crippen LogP contribution in [0.3, 0.4) is 0 Å². The van der Waals surface area contributed by atoms with Crippen LogP contribution in [0, 0.1) is 5.92 Å². The number of halogens is 2. The van der Waals surface area contributed by atoms with Crippen molar-refractivity contribution in [2.45, 2.75) is 11.6 Å². The zero-order chi connectivity index (χ0) is 12.3. The molecule has 1 fully saturated rings. The van der Waals surface area contributed by atoms with Crippen LogP contribution in [0.15, 0.2) is 11.2 Å². The number of thioether (sulfide) groups is 1. The highest BCUT2D eigenvalue weighted by Crippen LogP contribution is 2.21. The molecular weight excluding hydrogens is 291 g/mol. The molecule has 0 bridgehead atoms. The molecule has 7 heteroatoms. The summed E-state index contributed by atoms with van der Waals surface area (Å²) in [5.74, 6) is 1.60. The average molecular weight is 309 g/mol. The van der Waals surface area contributed by atoms with Gasteiger partial charge in [-0.15, -0.1) is 12.4 Å². The molecule has 0 aliphatic carbocycles. The highest BCUT2D eigenvalue weighted by molar-refractivity contribution is 7.98. The van der Waals surface area contributed by atoms with Crippen molar-refractivity contribution in [2.24, 2.45) is 5.92 Å². The lowest BCUT2D eigenvalue weighted by molar-refractivity contribution is 0.574. The van der Waals surface area contributed by atoms with Gasteiger partial charge < -0.3 is 10.2 Å². The average Bonchev–Trinajstić information content (AvgIpc) is 2.81. The highest BCUT2D eigenvalue weighted by atomic mass is 35.5. The summed E-state index contributed by atoms with van der Waals surface area (Å²) in [5, 5.41) is 4.61. The molecule has 102 valence electrons. The Morgan fingerprint density at radius 2 is 2.33 bits per heavy atom. The zero-order valence-electron chi connectivity index (χ0n) is 10.5. The maximum absolute atomic E-state index is 5.99. The third-order valence-electron chi connectivity index (χ3n) is 2.93. The van der Waals surface area contributed by atoms with E-state index in [0.717, 1.165) is 30.6 Å². The zero-order valence-corrected chi connectivity index (χ0v) is 12.9. The van der Waals surface area contributed by atoms with Crippen LogP contribution in [0.5, 0.6) is 0 Å². The van der Waals surface area contributed by atoms with Gasteiger partial charge in [-0.05, 0) is 31.7 Å². The Morgan fingerprint density at radius 1 is 1.56 bits per heavy atom. The SMILES string of the molecule is CSc1nc(Cl)cc(N(C)CC2CCNC2)n1.Cl. The molecule has 0 radical (unpaired) electrons. The van der Waals surface area contributed by atoms with Gasteiger partial charge in [0.25, 0.3) is 0 Å². The molecule has 1 unspecified atom stereocenters. The van der Waals surface area contributed by atoms with Gasteiger partial charge in [-0.2, -0.15) is 0 Å². The fourth-order valence-corrected chi connectivity index (χ4v) is 2.63. The van der Waals surface area contributed by atoms with Crippen LogP contribution in [0.4, 0.5) is 5.82 Å². The largest absolute Gasteiger partial charge is 0.359 e. The molecule has 1 aromatic rings. The molecule has 18 heavy (non-hydrogen) atoms. The quantitative estimate of drug-likeness (QED) is 0.525. The summed E-state index contributed by atoms with van der Waals surface area (Å²) in [6, 6.07) is 1.82. The van der Waals surface area contributed by atoms with E-state index in [2.05, 4.69) is 27.2 Å². The van der Waals surface area contributed by atoms with Crippen molar-refractivity contribution < 1.29 is 0 Å². The number of hydrogen-bond acceptors (Lipinski definition) is 5. The van der Waals surface area contributed by atoms with Gasteiger partial charge in [0.1, 0.15) is 11.0 Å². The predicted octanol–water partition coefficient (Wildman–Crippen LogP) is 2.32. The molecule has 4 nitrogen and oxygen atoms in total. The fraction of sp³-hybridized carbons (Fsp3) is 0.636. The lowest BCUT2D eigenvalue weighted by Crippen LogP contribution is -2.27. The van der Waals surface area contributed by atoms with Crippen molar-refractivity contribution in [1.82, 2.24) is 15.3 Å². The number of rotatable bonds is 4. The Bertz CT molecular complexity index is 385. The van der Waals surface area contributed by atoms with Gasteiger partial charge in [-0.25, -0.2) is 9.97 Å². The molecule has 1 saturated heterocycles. The highest BCUT2D eigenvalue weighted by Gasteiger charge is 2.17. The molecule has 2 rings (SSSR count). The number of nitrogens with one attached hydrogen (secondary N) is 1. The van der Waals surface area contributed by atoms with Crippen molar-refractivity contribution in [3.05, 3.63) is 11.2 Å². The third-order valence-corrected chi connectivity index (χ3v) is 3.67. The first-order chi connectivity index (χ1) is 8.19. The monoisotopic (exact) mass is 308 g/mol. The standard InChI is InChI=1S/C11H17ClN4S.ClH/c1-16(7-8-3-4-13-6-8)10-5-9(12)14-11(15-10)17-2;/h5,8,13H,3-4,6-7H2,1-2H3;1H. The van der Waals surface area contributed by atoms with Crippen molar-refractivity contribution in [3.8, 4) is 0 Å². The second-order valence-corrected chi connectivity index (χ2v) is 5.44. The Hall–Kier alpha value is -0.230. The molecule has 0 saturated carbocycles. The van der Waals surface area contributed by atoms with Crippen LogP contribution in [0.25, 0.3) is 0 Å². The van der Waals surface area contributed by atoms with E-state index in [1.807, 2.05) is 12.3 Å². The molecule has 1 N–H and O–H groups in total. The second-order valence-electron chi connectivity index (χ2n) is 4.27. The minimum Gasteiger partial charge on any atom is -0.359 e. The summed E-state index contributed by atoms with van der Waals surface area (Å²) in [7, 11) is 2.06. The molecule has 2 heterocycles. The van der Waals surface area contributed by atoms with Crippen LogP contribution < -0.4 is 10.2 Å². The summed E-state index contributed by atoms with van der Waals surface area (Å²) in [5.41, 5.74) is 0. The van der Waals surface area contributed by atoms with Gasteiger partial charge in [-0.1, -0.05) is 23.4 Å². The van der Waals surface area contributed by atoms with Crippen LogP contribution in [-0.4, -0.2) is 42.9 Å². The number of hydrogen-bond donors (Lipinski definition) is 1. The van der Waals surface area contributed by atoms with Gasteiger partial charge in [0, 0.05) is 19.7 Å². The van der Waals surface area contributed by atoms with Gasteiger partial charge in [-0.3, -0.25) is 0 Å². The van der Waals surface area contributed by atoms with Gasteiger partial charge >= 0.3 is 0 Å². The third kappa shape index (κ3) is 4.16. The molecule has 1 aliphatic rings. The van der Waals surface area contributed by atoms with Gasteiger partial charge in [0.2, 0.25) is 0 Å². The fourth-order valence-electron chi connectivity index (χ4n) is 2.02. The number of nitrogens with zero attached hydrogens (tertiary/aromatic N) is 3. The van der Waals surface area contributed by atoms with E-state index in [-0.39, 0.29) is 12.4 Å². The normalized spacial score (nSPS) is 18.5. The van der Waals surface area contributed by atoms with E-state index < -0.39 is 0 Å². The predicted molar refractivity (Wildman–Crippen MR) is 80.3 cm³/mol. The molecular formula is C11H18Cl2N4S. The van der Waals surface area contributed by atoms with Gasteiger partial charge in [0.15, 0.2) is 5.16 Å². The summed E-state index contributed by atoms with van der Waals surface area (Å²) in [4.78, 5) is 10.8. The maximum Gasteiger partial charge on any atom is 0.190 e. The van der Waals surface area contributed by atoms with Crippen LogP contribution in [0.2, 0.25) is 5.15 Å². The van der Waals surface area contributed by atoms with E-state index in [0.29, 0.717) is 11.1 Å². The first-order valence-corrected chi connectivity index (χ1v) is 7.29. The van der Waals surface area contributed by atoms with Crippen LogP contribution >= 0.6 is 35.8 Å². The summed E-state index contributed by atoms with van der Waals surface area (Å²) in [6.45, 7) is 3.23. The topological polar surface area (TPSA) is 41.1 Å². The van der Waals surface area contributed by atoms with Crippen LogP contribution in [0.1, 0.15) is 6.42 Å². The van der Waals surface area contributed by atoms with Crippen molar-refractivity contribution in [1.29, 1.82) is 0 Å². The molecule has 0 aromatic carbocycles. The molecule has 1 atom stereocenters. The van der Waals surface area contributed by atoms with Crippen molar-refractivity contribution in [3.63, 3.8) is 0 Å². The van der Waals surface area contributed by atoms with E-state index in [1.54, 1.807) is 0 Å². The summed E-state index contributed by atoms with van der Waals surface area (Å²) in [6.07, 6.45) is 3.19. The molecule has 0 spiro atoms. The van der Waals surface area contributed by atoms with E-state index in [4.69, 9.17) is 11.6 Å². The van der Waals surface area contributed by atoms with E-state index in [9.17, 15) is 0 Å². The summed E-state index contributed by atoms with van der Waals surface area (Å²) < 4.78 is 0. The molecule has 1 aliphatic heterocycles. The molecule has 0 amide bonds. The van der Waals surface area contributed by atoms with Gasteiger partial charge in [0.05, 0.1) is 0 Å².